The molecule has 1 aliphatic rings. The summed E-state index contributed by atoms with van der Waals surface area (Å²) in [5, 5.41) is 3.47. The monoisotopic (exact) mass is 293 g/mol. The minimum atomic E-state index is 0.816. The third-order valence-corrected chi connectivity index (χ3v) is 5.21. The van der Waals surface area contributed by atoms with E-state index in [2.05, 4.69) is 29.8 Å². The lowest BCUT2D eigenvalue weighted by molar-refractivity contribution is 0.460. The average Bonchev–Trinajstić information content (AvgIpc) is 3.05. The third kappa shape index (κ3) is 3.25. The Balaban J connectivity index is 1.49. The second-order valence-electron chi connectivity index (χ2n) is 4.92. The van der Waals surface area contributed by atoms with Crippen LogP contribution in [0.2, 0.25) is 0 Å². The van der Waals surface area contributed by atoms with E-state index in [1.807, 2.05) is 11.3 Å². The van der Waals surface area contributed by atoms with E-state index in [0.717, 1.165) is 30.4 Å². The van der Waals surface area contributed by atoms with Crippen LogP contribution in [0, 0.1) is 0 Å². The Morgan fingerprint density at radius 3 is 3.00 bits per heavy atom. The van der Waals surface area contributed by atoms with Gasteiger partial charge in [0.05, 0.1) is 12.3 Å². The highest BCUT2D eigenvalue weighted by Gasteiger charge is 2.14. The van der Waals surface area contributed by atoms with Crippen molar-refractivity contribution in [3.8, 4) is 0 Å². The molecule has 2 nitrogen and oxygen atoms in total. The normalized spacial score (nSPS) is 13.9. The van der Waals surface area contributed by atoms with E-state index in [1.165, 1.54) is 24.1 Å². The zero-order valence-corrected chi connectivity index (χ0v) is 12.8. The molecular formula is C15H19NOS2. The quantitative estimate of drug-likeness (QED) is 0.872. The van der Waals surface area contributed by atoms with Gasteiger partial charge in [0, 0.05) is 16.3 Å². The van der Waals surface area contributed by atoms with Crippen molar-refractivity contribution in [2.45, 2.75) is 38.1 Å². The molecule has 4 heteroatoms. The Labute approximate surface area is 122 Å². The van der Waals surface area contributed by atoms with Crippen LogP contribution in [0.15, 0.2) is 22.6 Å². The number of thiophene rings is 1. The topological polar surface area (TPSA) is 25.2 Å². The van der Waals surface area contributed by atoms with E-state index in [9.17, 15) is 0 Å². The van der Waals surface area contributed by atoms with Crippen molar-refractivity contribution in [3.63, 3.8) is 0 Å². The van der Waals surface area contributed by atoms with Crippen LogP contribution in [0.1, 0.15) is 33.3 Å². The summed E-state index contributed by atoms with van der Waals surface area (Å²) in [7, 11) is 0. The van der Waals surface area contributed by atoms with Crippen molar-refractivity contribution >= 4 is 23.1 Å². The van der Waals surface area contributed by atoms with E-state index in [1.54, 1.807) is 22.2 Å². The highest BCUT2D eigenvalue weighted by atomic mass is 32.2. The number of thioether (sulfide) groups is 1. The van der Waals surface area contributed by atoms with Gasteiger partial charge in [-0.2, -0.15) is 11.8 Å². The van der Waals surface area contributed by atoms with Gasteiger partial charge in [-0.25, -0.2) is 0 Å². The molecule has 3 rings (SSSR count). The predicted octanol–water partition coefficient (Wildman–Crippen LogP) is 3.98. The van der Waals surface area contributed by atoms with Gasteiger partial charge < -0.3 is 9.73 Å². The fourth-order valence-electron chi connectivity index (χ4n) is 2.52. The summed E-state index contributed by atoms with van der Waals surface area (Å²) in [5.41, 5.74) is 1.59. The van der Waals surface area contributed by atoms with Gasteiger partial charge in [0.1, 0.15) is 11.5 Å². The van der Waals surface area contributed by atoms with E-state index in [0.29, 0.717) is 0 Å². The fraction of sp³-hybridized carbons (Fsp3) is 0.467. The smallest absolute Gasteiger partial charge is 0.118 e. The zero-order chi connectivity index (χ0) is 13.1. The van der Waals surface area contributed by atoms with Crippen molar-refractivity contribution < 1.29 is 4.42 Å². The molecule has 0 atom stereocenters. The van der Waals surface area contributed by atoms with Gasteiger partial charge in [-0.05, 0) is 49.3 Å². The maximum Gasteiger partial charge on any atom is 0.118 e. The van der Waals surface area contributed by atoms with Crippen LogP contribution in [0.3, 0.4) is 0 Å². The van der Waals surface area contributed by atoms with E-state index < -0.39 is 0 Å². The number of hydrogen-bond donors (Lipinski definition) is 1. The molecule has 2 aromatic rings. The predicted molar refractivity (Wildman–Crippen MR) is 82.8 cm³/mol. The maximum absolute atomic E-state index is 5.74. The maximum atomic E-state index is 5.74. The molecule has 0 unspecified atom stereocenters. The van der Waals surface area contributed by atoms with Crippen LogP contribution in [0.4, 0.5) is 0 Å². The van der Waals surface area contributed by atoms with Gasteiger partial charge >= 0.3 is 0 Å². The number of furan rings is 1. The Kier molecular flexibility index (Phi) is 4.31. The molecule has 2 aromatic heterocycles. The van der Waals surface area contributed by atoms with Gasteiger partial charge in [-0.3, -0.25) is 0 Å². The summed E-state index contributed by atoms with van der Waals surface area (Å²) in [6, 6.07) is 6.53. The van der Waals surface area contributed by atoms with Crippen LogP contribution in [-0.4, -0.2) is 6.26 Å². The summed E-state index contributed by atoms with van der Waals surface area (Å²) in [6.07, 6.45) is 6.01. The molecule has 0 fully saturated rings. The first-order valence-corrected chi connectivity index (χ1v) is 8.94. The van der Waals surface area contributed by atoms with Gasteiger partial charge in [0.2, 0.25) is 0 Å². The summed E-state index contributed by atoms with van der Waals surface area (Å²) in [4.78, 5) is 3.07. The van der Waals surface area contributed by atoms with Gasteiger partial charge in [0.15, 0.2) is 0 Å². The number of fused-ring (bicyclic) bond motifs is 1. The fourth-order valence-corrected chi connectivity index (χ4v) is 4.19. The minimum Gasteiger partial charge on any atom is -0.464 e. The number of aryl methyl sites for hydroxylation is 2. The van der Waals surface area contributed by atoms with Gasteiger partial charge in [-0.1, -0.05) is 0 Å². The lowest BCUT2D eigenvalue weighted by atomic mass is 10.2. The Morgan fingerprint density at radius 2 is 2.16 bits per heavy atom. The Bertz CT molecular complexity index is 523. The van der Waals surface area contributed by atoms with Gasteiger partial charge in [0.25, 0.3) is 0 Å². The molecule has 1 aliphatic carbocycles. The summed E-state index contributed by atoms with van der Waals surface area (Å²) in [6.45, 7) is 1.77. The van der Waals surface area contributed by atoms with E-state index in [-0.39, 0.29) is 0 Å². The highest BCUT2D eigenvalue weighted by Crippen LogP contribution is 2.30. The van der Waals surface area contributed by atoms with Crippen molar-refractivity contribution in [1.82, 2.24) is 5.32 Å². The van der Waals surface area contributed by atoms with Crippen LogP contribution in [-0.2, 0) is 31.7 Å². The zero-order valence-electron chi connectivity index (χ0n) is 11.2. The molecule has 1 N–H and O–H groups in total. The highest BCUT2D eigenvalue weighted by molar-refractivity contribution is 7.97. The molecule has 0 saturated heterocycles. The lowest BCUT2D eigenvalue weighted by Crippen LogP contribution is -2.11. The Hall–Kier alpha value is -0.710. The summed E-state index contributed by atoms with van der Waals surface area (Å²) >= 11 is 3.76. The van der Waals surface area contributed by atoms with Crippen molar-refractivity contribution in [1.29, 1.82) is 0 Å². The second kappa shape index (κ2) is 6.16. The Morgan fingerprint density at radius 1 is 1.26 bits per heavy atom. The standard InChI is InChI=1S/C15H19NOS2/c1-18-10-13-6-5-12(17-13)8-16-9-14-7-11-3-2-4-15(11)19-14/h5-7,16H,2-4,8-10H2,1H3. The molecule has 19 heavy (non-hydrogen) atoms. The second-order valence-corrected chi connectivity index (χ2v) is 7.01. The molecule has 0 bridgehead atoms. The third-order valence-electron chi connectivity index (χ3n) is 3.40. The molecule has 0 aromatic carbocycles. The molecule has 0 amide bonds. The summed E-state index contributed by atoms with van der Waals surface area (Å²) < 4.78 is 5.74. The molecule has 0 radical (unpaired) electrons. The van der Waals surface area contributed by atoms with Crippen molar-refractivity contribution in [2.75, 3.05) is 6.26 Å². The van der Waals surface area contributed by atoms with Crippen LogP contribution in [0.25, 0.3) is 0 Å². The SMILES string of the molecule is CSCc1ccc(CNCc2cc3c(s2)CCC3)o1. The van der Waals surface area contributed by atoms with E-state index >= 15 is 0 Å². The van der Waals surface area contributed by atoms with Crippen molar-refractivity contribution in [3.05, 3.63) is 45.0 Å². The first kappa shape index (κ1) is 13.3. The van der Waals surface area contributed by atoms with Crippen LogP contribution < -0.4 is 5.32 Å². The molecule has 102 valence electrons. The van der Waals surface area contributed by atoms with Crippen molar-refractivity contribution in [2.24, 2.45) is 0 Å². The lowest BCUT2D eigenvalue weighted by Gasteiger charge is -2.00. The average molecular weight is 293 g/mol. The molecular weight excluding hydrogens is 274 g/mol. The number of hydrogen-bond acceptors (Lipinski definition) is 4. The van der Waals surface area contributed by atoms with Crippen LogP contribution >= 0.6 is 23.1 Å². The minimum absolute atomic E-state index is 0.816. The van der Waals surface area contributed by atoms with Gasteiger partial charge in [-0.15, -0.1) is 11.3 Å². The first-order valence-electron chi connectivity index (χ1n) is 6.73. The molecule has 0 aliphatic heterocycles. The molecule has 0 saturated carbocycles. The molecule has 2 heterocycles. The summed E-state index contributed by atoms with van der Waals surface area (Å²) in [5.74, 6) is 3.06. The van der Waals surface area contributed by atoms with Crippen LogP contribution in [0.5, 0.6) is 0 Å². The number of nitrogens with one attached hydrogen (secondary N) is 1. The van der Waals surface area contributed by atoms with E-state index in [4.69, 9.17) is 4.42 Å². The number of rotatable bonds is 6. The first-order chi connectivity index (χ1) is 9.35. The largest absolute Gasteiger partial charge is 0.464 e. The molecule has 0 spiro atoms.